The summed E-state index contributed by atoms with van der Waals surface area (Å²) in [5.74, 6) is -1.50. The monoisotopic (exact) mass is 579 g/mol. The van der Waals surface area contributed by atoms with E-state index in [0.717, 1.165) is 24.0 Å². The molecule has 1 amide bonds. The van der Waals surface area contributed by atoms with Gasteiger partial charge in [-0.25, -0.2) is 0 Å². The fraction of sp³-hybridized carbons (Fsp3) is 0.606. The van der Waals surface area contributed by atoms with Crippen LogP contribution in [-0.4, -0.2) is 58.2 Å². The molecule has 9 heteroatoms. The highest BCUT2D eigenvalue weighted by atomic mass is 16.5. The third kappa shape index (κ3) is 5.32. The van der Waals surface area contributed by atoms with Gasteiger partial charge in [0.05, 0.1) is 6.42 Å². The van der Waals surface area contributed by atoms with Gasteiger partial charge in [0.25, 0.3) is 0 Å². The summed E-state index contributed by atoms with van der Waals surface area (Å²) in [5, 5.41) is 23.8. The number of rotatable bonds is 9. The van der Waals surface area contributed by atoms with Crippen LogP contribution in [0.15, 0.2) is 35.9 Å². The Morgan fingerprint density at radius 3 is 2.50 bits per heavy atom. The molecule has 5 rings (SSSR count). The lowest BCUT2D eigenvalue weighted by Gasteiger charge is -2.57. The van der Waals surface area contributed by atoms with Gasteiger partial charge in [0.15, 0.2) is 12.4 Å². The molecule has 1 aromatic carbocycles. The van der Waals surface area contributed by atoms with E-state index >= 15 is 0 Å². The molecule has 0 saturated heterocycles. The van der Waals surface area contributed by atoms with Crippen LogP contribution in [0.2, 0.25) is 0 Å². The molecule has 3 N–H and O–H groups in total. The van der Waals surface area contributed by atoms with Gasteiger partial charge in [-0.15, -0.1) is 0 Å². The number of allylic oxidation sites excluding steroid dienone is 1. The second-order valence-corrected chi connectivity index (χ2v) is 13.1. The number of esters is 1. The molecule has 3 fully saturated rings. The molecule has 0 radical (unpaired) electrons. The Morgan fingerprint density at radius 2 is 1.76 bits per heavy atom. The number of phenols is 1. The van der Waals surface area contributed by atoms with E-state index in [1.54, 1.807) is 30.3 Å². The second kappa shape index (κ2) is 11.4. The zero-order chi connectivity index (χ0) is 30.3. The van der Waals surface area contributed by atoms with Crippen LogP contribution in [0.1, 0.15) is 77.2 Å². The molecule has 42 heavy (non-hydrogen) atoms. The van der Waals surface area contributed by atoms with Gasteiger partial charge in [0.2, 0.25) is 11.7 Å². The average Bonchev–Trinajstić information content (AvgIpc) is 3.22. The van der Waals surface area contributed by atoms with Gasteiger partial charge in [-0.3, -0.25) is 24.0 Å². The zero-order valence-electron chi connectivity index (χ0n) is 24.4. The number of hydrogen-bond acceptors (Lipinski definition) is 8. The van der Waals surface area contributed by atoms with Crippen LogP contribution in [0.3, 0.4) is 0 Å². The van der Waals surface area contributed by atoms with Gasteiger partial charge in [0.1, 0.15) is 17.1 Å². The Bertz CT molecular complexity index is 1320. The molecule has 0 unspecified atom stereocenters. The smallest absolute Gasteiger partial charge is 0.306 e. The number of benzene rings is 1. The fourth-order valence-corrected chi connectivity index (χ4v) is 8.50. The fourth-order valence-electron chi connectivity index (χ4n) is 8.50. The third-order valence-electron chi connectivity index (χ3n) is 10.9. The highest BCUT2D eigenvalue weighted by Gasteiger charge is 2.68. The maximum Gasteiger partial charge on any atom is 0.306 e. The van der Waals surface area contributed by atoms with E-state index in [4.69, 9.17) is 4.74 Å². The van der Waals surface area contributed by atoms with Crippen LogP contribution >= 0.6 is 0 Å². The summed E-state index contributed by atoms with van der Waals surface area (Å²) in [6.07, 6.45) is 5.52. The number of phenolic OH excluding ortho intramolecular Hbond substituents is 1. The molecule has 9 nitrogen and oxygen atoms in total. The van der Waals surface area contributed by atoms with Crippen molar-refractivity contribution in [3.8, 4) is 5.75 Å². The standard InChI is InChI=1S/C33H41NO8/c1-31-14-11-23(36)17-21(31)5-8-24-25-12-15-33(41,32(25,2)18-26(37)30(24)31)27(38)19-42-29(40)10-9-28(39)34-16-13-20-3-6-22(35)7-4-20/h3-4,6-7,17,24-25,30,35,41H,5,8-16,18-19H2,1-2H3,(H,34,39)/t24-,25+,30-,31-,32-,33-/m0/s1. The number of ether oxygens (including phenoxy) is 1. The summed E-state index contributed by atoms with van der Waals surface area (Å²) in [6.45, 7) is 3.71. The predicted molar refractivity (Wildman–Crippen MR) is 152 cm³/mol. The predicted octanol–water partition coefficient (Wildman–Crippen LogP) is 3.39. The van der Waals surface area contributed by atoms with Crippen molar-refractivity contribution in [2.75, 3.05) is 13.2 Å². The Morgan fingerprint density at radius 1 is 1.02 bits per heavy atom. The van der Waals surface area contributed by atoms with Crippen molar-refractivity contribution in [3.63, 3.8) is 0 Å². The SMILES string of the molecule is C[C@]12CCC(=O)C=C1CC[C@@H]1[C@H]2C(=O)C[C@@]2(C)[C@@H]1CC[C@]2(O)C(=O)COC(=O)CCC(=O)NCCc1ccc(O)cc1. The van der Waals surface area contributed by atoms with Crippen LogP contribution < -0.4 is 5.32 Å². The highest BCUT2D eigenvalue weighted by Crippen LogP contribution is 2.66. The van der Waals surface area contributed by atoms with Crippen LogP contribution in [-0.2, 0) is 35.1 Å². The first-order valence-corrected chi connectivity index (χ1v) is 15.1. The number of carbonyl (C=O) groups excluding carboxylic acids is 5. The summed E-state index contributed by atoms with van der Waals surface area (Å²) in [5.41, 5.74) is -1.06. The van der Waals surface area contributed by atoms with E-state index in [2.05, 4.69) is 12.2 Å². The van der Waals surface area contributed by atoms with E-state index in [1.807, 2.05) is 6.92 Å². The van der Waals surface area contributed by atoms with Crippen molar-refractivity contribution in [1.82, 2.24) is 5.32 Å². The van der Waals surface area contributed by atoms with Gasteiger partial charge in [-0.2, -0.15) is 0 Å². The van der Waals surface area contributed by atoms with Crippen molar-refractivity contribution >= 4 is 29.2 Å². The summed E-state index contributed by atoms with van der Waals surface area (Å²) >= 11 is 0. The molecule has 226 valence electrons. The van der Waals surface area contributed by atoms with E-state index in [0.29, 0.717) is 32.2 Å². The molecule has 0 spiro atoms. The Labute approximate surface area is 246 Å². The number of nitrogens with one attached hydrogen (secondary N) is 1. The molecule has 0 aromatic heterocycles. The van der Waals surface area contributed by atoms with Crippen molar-refractivity contribution in [3.05, 3.63) is 41.5 Å². The van der Waals surface area contributed by atoms with Crippen molar-refractivity contribution in [2.45, 2.75) is 83.7 Å². The van der Waals surface area contributed by atoms with E-state index in [-0.39, 0.29) is 72.1 Å². The molecule has 3 saturated carbocycles. The van der Waals surface area contributed by atoms with Gasteiger partial charge < -0.3 is 20.3 Å². The Hall–Kier alpha value is -3.33. The van der Waals surface area contributed by atoms with Gasteiger partial charge in [-0.1, -0.05) is 31.6 Å². The van der Waals surface area contributed by atoms with Gasteiger partial charge in [-0.05, 0) is 79.5 Å². The molecular formula is C33H41NO8. The van der Waals surface area contributed by atoms with Crippen LogP contribution in [0.25, 0.3) is 0 Å². The largest absolute Gasteiger partial charge is 0.508 e. The number of ketones is 3. The number of aromatic hydroxyl groups is 1. The number of Topliss-reactive ketones (excluding diaryl/α,β-unsaturated/α-hetero) is 2. The number of fused-ring (bicyclic) bond motifs is 5. The van der Waals surface area contributed by atoms with Crippen LogP contribution in [0, 0.1) is 28.6 Å². The molecule has 0 bridgehead atoms. The average molecular weight is 580 g/mol. The summed E-state index contributed by atoms with van der Waals surface area (Å²) in [7, 11) is 0. The van der Waals surface area contributed by atoms with Crippen LogP contribution in [0.5, 0.6) is 5.75 Å². The van der Waals surface area contributed by atoms with Crippen LogP contribution in [0.4, 0.5) is 0 Å². The normalized spacial score (nSPS) is 33.6. The topological polar surface area (TPSA) is 147 Å². The van der Waals surface area contributed by atoms with Gasteiger partial charge in [0, 0.05) is 37.1 Å². The first-order chi connectivity index (χ1) is 19.9. The lowest BCUT2D eigenvalue weighted by molar-refractivity contribution is -0.173. The number of hydrogen-bond donors (Lipinski definition) is 3. The minimum Gasteiger partial charge on any atom is -0.508 e. The molecule has 4 aliphatic carbocycles. The molecule has 6 atom stereocenters. The number of aliphatic hydroxyl groups is 1. The number of amides is 1. The molecule has 1 aromatic rings. The van der Waals surface area contributed by atoms with E-state index < -0.39 is 29.4 Å². The maximum atomic E-state index is 13.7. The lowest BCUT2D eigenvalue weighted by Crippen LogP contribution is -2.61. The number of carbonyl (C=O) groups is 5. The highest BCUT2D eigenvalue weighted by molar-refractivity contribution is 5.95. The first kappa shape index (κ1) is 30.1. The Balaban J connectivity index is 1.14. The lowest BCUT2D eigenvalue weighted by atomic mass is 9.46. The molecule has 0 heterocycles. The van der Waals surface area contributed by atoms with E-state index in [1.165, 1.54) is 0 Å². The molecule has 4 aliphatic rings. The zero-order valence-corrected chi connectivity index (χ0v) is 24.4. The quantitative estimate of drug-likeness (QED) is 0.377. The van der Waals surface area contributed by atoms with Gasteiger partial charge >= 0.3 is 5.97 Å². The summed E-state index contributed by atoms with van der Waals surface area (Å²) in [4.78, 5) is 63.7. The summed E-state index contributed by atoms with van der Waals surface area (Å²) in [6, 6.07) is 6.68. The Kier molecular flexibility index (Phi) is 8.18. The van der Waals surface area contributed by atoms with Crippen molar-refractivity contribution in [2.24, 2.45) is 28.6 Å². The maximum absolute atomic E-state index is 13.7. The first-order valence-electron chi connectivity index (χ1n) is 15.1. The van der Waals surface area contributed by atoms with E-state index in [9.17, 15) is 34.2 Å². The third-order valence-corrected chi connectivity index (χ3v) is 10.9. The minimum atomic E-state index is -1.77. The summed E-state index contributed by atoms with van der Waals surface area (Å²) < 4.78 is 5.20. The minimum absolute atomic E-state index is 0.0221. The van der Waals surface area contributed by atoms with Crippen molar-refractivity contribution < 1.29 is 38.9 Å². The molecular weight excluding hydrogens is 538 g/mol. The van der Waals surface area contributed by atoms with Crippen molar-refractivity contribution in [1.29, 1.82) is 0 Å². The second-order valence-electron chi connectivity index (χ2n) is 13.1. The molecule has 0 aliphatic heterocycles.